The van der Waals surface area contributed by atoms with E-state index in [0.29, 0.717) is 0 Å². The van der Waals surface area contributed by atoms with E-state index in [2.05, 4.69) is 37.9 Å². The van der Waals surface area contributed by atoms with Crippen LogP contribution in [0.5, 0.6) is 0 Å². The molecular formula is C15H22N4O3. The van der Waals surface area contributed by atoms with E-state index >= 15 is 0 Å². The van der Waals surface area contributed by atoms with Crippen molar-refractivity contribution in [3.05, 3.63) is 35.9 Å². The van der Waals surface area contributed by atoms with Gasteiger partial charge in [0.1, 0.15) is 0 Å². The maximum absolute atomic E-state index is 11.6. The predicted molar refractivity (Wildman–Crippen MR) is 81.9 cm³/mol. The number of nitrogens with one attached hydrogen (secondary N) is 3. The van der Waals surface area contributed by atoms with Gasteiger partial charge in [0.2, 0.25) is 0 Å². The average Bonchev–Trinajstić information content (AvgIpc) is 2.55. The molecule has 120 valence electrons. The zero-order valence-corrected chi connectivity index (χ0v) is 12.7. The number of hydrogen-bond acceptors (Lipinski definition) is 4. The molecule has 3 N–H and O–H groups in total. The molecule has 0 bridgehead atoms. The quantitative estimate of drug-likeness (QED) is 0.733. The number of hydrazine groups is 1. The molecule has 1 aromatic rings. The minimum Gasteiger partial charge on any atom is -0.452 e. The van der Waals surface area contributed by atoms with Crippen LogP contribution < -0.4 is 16.2 Å². The van der Waals surface area contributed by atoms with Gasteiger partial charge in [-0.25, -0.2) is 20.4 Å². The Morgan fingerprint density at radius 2 is 1.86 bits per heavy atom. The molecule has 7 nitrogen and oxygen atoms in total. The van der Waals surface area contributed by atoms with Crippen molar-refractivity contribution in [3.8, 4) is 0 Å². The molecule has 0 atom stereocenters. The van der Waals surface area contributed by atoms with Crippen molar-refractivity contribution in [3.63, 3.8) is 0 Å². The van der Waals surface area contributed by atoms with Crippen LogP contribution in [0.3, 0.4) is 0 Å². The third kappa shape index (κ3) is 5.25. The lowest BCUT2D eigenvalue weighted by Gasteiger charge is -2.32. The number of hydrogen-bond donors (Lipinski definition) is 3. The topological polar surface area (TPSA) is 82.7 Å². The summed E-state index contributed by atoms with van der Waals surface area (Å²) >= 11 is 0. The van der Waals surface area contributed by atoms with E-state index in [4.69, 9.17) is 0 Å². The summed E-state index contributed by atoms with van der Waals surface area (Å²) in [7, 11) is 1.23. The van der Waals surface area contributed by atoms with Gasteiger partial charge < -0.3 is 10.1 Å². The number of rotatable bonds is 3. The van der Waals surface area contributed by atoms with Crippen molar-refractivity contribution in [2.75, 3.05) is 20.2 Å². The second-order valence-corrected chi connectivity index (χ2v) is 5.25. The molecule has 1 fully saturated rings. The van der Waals surface area contributed by atoms with E-state index in [1.165, 1.54) is 12.7 Å². The number of nitrogens with zero attached hydrogens (tertiary/aromatic N) is 1. The van der Waals surface area contributed by atoms with Crippen LogP contribution in [0.4, 0.5) is 9.59 Å². The monoisotopic (exact) mass is 306 g/mol. The third-order valence-corrected chi connectivity index (χ3v) is 3.64. The summed E-state index contributed by atoms with van der Waals surface area (Å²) in [6, 6.07) is 10.0. The number of ether oxygens (including phenoxy) is 1. The largest absolute Gasteiger partial charge is 0.452 e. The number of piperidine rings is 1. The van der Waals surface area contributed by atoms with E-state index in [1.807, 2.05) is 18.2 Å². The van der Waals surface area contributed by atoms with Crippen LogP contribution in [0.15, 0.2) is 30.3 Å². The number of amides is 3. The minimum atomic E-state index is -0.701. The Balaban J connectivity index is 1.66. The number of methoxy groups -OCH3 is 1. The maximum atomic E-state index is 11.6. The lowest BCUT2D eigenvalue weighted by molar-refractivity contribution is 0.162. The lowest BCUT2D eigenvalue weighted by Crippen LogP contribution is -2.52. The summed E-state index contributed by atoms with van der Waals surface area (Å²) in [6.07, 6.45) is 1.07. The molecular weight excluding hydrogens is 284 g/mol. The highest BCUT2D eigenvalue weighted by molar-refractivity contribution is 5.77. The first-order valence-electron chi connectivity index (χ1n) is 7.34. The van der Waals surface area contributed by atoms with Crippen LogP contribution in [-0.4, -0.2) is 43.3 Å². The molecule has 0 radical (unpaired) electrons. The normalized spacial score (nSPS) is 15.9. The first-order valence-corrected chi connectivity index (χ1v) is 7.34. The molecule has 0 saturated carbocycles. The molecule has 3 amide bonds. The van der Waals surface area contributed by atoms with E-state index in [1.54, 1.807) is 0 Å². The standard InChI is InChI=1S/C15H22N4O3/c1-22-15(21)18-17-14(20)16-13-7-9-19(10-8-13)11-12-5-3-2-4-6-12/h2-6,13H,7-11H2,1H3,(H,18,21)(H2,16,17,20). The van der Waals surface area contributed by atoms with E-state index < -0.39 is 12.1 Å². The van der Waals surface area contributed by atoms with Crippen molar-refractivity contribution in [2.45, 2.75) is 25.4 Å². The lowest BCUT2D eigenvalue weighted by atomic mass is 10.0. The molecule has 22 heavy (non-hydrogen) atoms. The second kappa shape index (κ2) is 8.23. The van der Waals surface area contributed by atoms with E-state index in [9.17, 15) is 9.59 Å². The van der Waals surface area contributed by atoms with Gasteiger partial charge in [-0.1, -0.05) is 30.3 Å². The van der Waals surface area contributed by atoms with Gasteiger partial charge in [-0.05, 0) is 18.4 Å². The summed E-state index contributed by atoms with van der Waals surface area (Å²) < 4.78 is 4.36. The van der Waals surface area contributed by atoms with Gasteiger partial charge in [-0.15, -0.1) is 0 Å². The van der Waals surface area contributed by atoms with Gasteiger partial charge >= 0.3 is 12.1 Å². The molecule has 7 heteroatoms. The van der Waals surface area contributed by atoms with Gasteiger partial charge in [0.15, 0.2) is 0 Å². The van der Waals surface area contributed by atoms with Crippen LogP contribution in [-0.2, 0) is 11.3 Å². The second-order valence-electron chi connectivity index (χ2n) is 5.25. The summed E-state index contributed by atoms with van der Waals surface area (Å²) in [5.41, 5.74) is 5.67. The molecule has 1 aliphatic heterocycles. The van der Waals surface area contributed by atoms with E-state index in [0.717, 1.165) is 32.5 Å². The fourth-order valence-corrected chi connectivity index (χ4v) is 2.46. The number of carbonyl (C=O) groups is 2. The SMILES string of the molecule is COC(=O)NNC(=O)NC1CCN(Cc2ccccc2)CC1. The van der Waals surface area contributed by atoms with Crippen LogP contribution in [0, 0.1) is 0 Å². The summed E-state index contributed by atoms with van der Waals surface area (Å²) in [6.45, 7) is 2.80. The highest BCUT2D eigenvalue weighted by Crippen LogP contribution is 2.13. The Hall–Kier alpha value is -2.28. The van der Waals surface area contributed by atoms with Crippen molar-refractivity contribution in [2.24, 2.45) is 0 Å². The van der Waals surface area contributed by atoms with Gasteiger partial charge in [-0.3, -0.25) is 4.90 Å². The molecule has 1 saturated heterocycles. The fraction of sp³-hybridized carbons (Fsp3) is 0.467. The average molecular weight is 306 g/mol. The minimum absolute atomic E-state index is 0.117. The summed E-state index contributed by atoms with van der Waals surface area (Å²) in [4.78, 5) is 24.8. The van der Waals surface area contributed by atoms with Gasteiger partial charge in [0, 0.05) is 25.7 Å². The third-order valence-electron chi connectivity index (χ3n) is 3.64. The Morgan fingerprint density at radius 1 is 1.18 bits per heavy atom. The molecule has 2 rings (SSSR count). The van der Waals surface area contributed by atoms with E-state index in [-0.39, 0.29) is 6.04 Å². The van der Waals surface area contributed by atoms with Gasteiger partial charge in [0.05, 0.1) is 7.11 Å². The Morgan fingerprint density at radius 3 is 2.50 bits per heavy atom. The number of likely N-dealkylation sites (tertiary alicyclic amines) is 1. The Kier molecular flexibility index (Phi) is 6.02. The first-order chi connectivity index (χ1) is 10.7. The van der Waals surface area contributed by atoms with Gasteiger partial charge in [-0.2, -0.15) is 0 Å². The maximum Gasteiger partial charge on any atom is 0.425 e. The van der Waals surface area contributed by atoms with Crippen molar-refractivity contribution < 1.29 is 14.3 Å². The predicted octanol–water partition coefficient (Wildman–Crippen LogP) is 1.22. The molecule has 0 aromatic heterocycles. The molecule has 0 unspecified atom stereocenters. The summed E-state index contributed by atoms with van der Waals surface area (Å²) in [5.74, 6) is 0. The summed E-state index contributed by atoms with van der Waals surface area (Å²) in [5, 5.41) is 2.84. The van der Waals surface area contributed by atoms with Crippen molar-refractivity contribution >= 4 is 12.1 Å². The molecule has 1 heterocycles. The van der Waals surface area contributed by atoms with Crippen LogP contribution in [0.2, 0.25) is 0 Å². The Bertz CT molecular complexity index is 487. The van der Waals surface area contributed by atoms with Crippen molar-refractivity contribution in [1.82, 2.24) is 21.1 Å². The number of urea groups is 1. The number of benzene rings is 1. The van der Waals surface area contributed by atoms with Crippen molar-refractivity contribution in [1.29, 1.82) is 0 Å². The number of carbonyl (C=O) groups excluding carboxylic acids is 2. The van der Waals surface area contributed by atoms with Crippen LogP contribution in [0.1, 0.15) is 18.4 Å². The molecule has 0 spiro atoms. The zero-order valence-electron chi connectivity index (χ0n) is 12.7. The fourth-order valence-electron chi connectivity index (χ4n) is 2.46. The smallest absolute Gasteiger partial charge is 0.425 e. The van der Waals surface area contributed by atoms with Crippen LogP contribution >= 0.6 is 0 Å². The molecule has 1 aliphatic rings. The molecule has 0 aliphatic carbocycles. The molecule has 1 aromatic carbocycles. The highest BCUT2D eigenvalue weighted by Gasteiger charge is 2.20. The van der Waals surface area contributed by atoms with Crippen LogP contribution in [0.25, 0.3) is 0 Å². The first kappa shape index (κ1) is 16.1. The Labute approximate surface area is 130 Å². The van der Waals surface area contributed by atoms with Gasteiger partial charge in [0.25, 0.3) is 0 Å². The highest BCUT2D eigenvalue weighted by atomic mass is 16.5. The zero-order chi connectivity index (χ0) is 15.8.